The highest BCUT2D eigenvalue weighted by Gasteiger charge is 2.12. The number of fused-ring (bicyclic) bond motifs is 1. The molecule has 0 atom stereocenters. The van der Waals surface area contributed by atoms with E-state index in [0.717, 1.165) is 29.2 Å². The topological polar surface area (TPSA) is 93.3 Å². The fourth-order valence-corrected chi connectivity index (χ4v) is 3.82. The summed E-state index contributed by atoms with van der Waals surface area (Å²) in [5.41, 5.74) is 8.85. The molecule has 5 nitrogen and oxygen atoms in total. The van der Waals surface area contributed by atoms with Crippen LogP contribution in [0.15, 0.2) is 72.9 Å². The lowest BCUT2D eigenvalue weighted by molar-refractivity contribution is -0.117. The van der Waals surface area contributed by atoms with E-state index in [4.69, 9.17) is 10.8 Å². The van der Waals surface area contributed by atoms with E-state index in [1.54, 1.807) is 30.5 Å². The fraction of sp³-hybridized carbons (Fsp3) is 0.207. The number of benzene rings is 3. The Morgan fingerprint density at radius 3 is 2.26 bits per heavy atom. The number of amides is 1. The summed E-state index contributed by atoms with van der Waals surface area (Å²) < 4.78 is 14.3. The van der Waals surface area contributed by atoms with E-state index in [0.29, 0.717) is 29.0 Å². The minimum Gasteiger partial charge on any atom is -0.508 e. The summed E-state index contributed by atoms with van der Waals surface area (Å²) in [6.45, 7) is 3.55. The lowest BCUT2D eigenvalue weighted by Gasteiger charge is -2.10. The SMILES string of the molecule is CC(=O)c1ccc(Cc2ncc(CC(N)=O)c3ccccc23)c(F)c1.CCCc1ccc(O)cc1. The van der Waals surface area contributed by atoms with Crippen molar-refractivity contribution in [3.8, 4) is 5.75 Å². The first kappa shape index (κ1) is 25.6. The number of rotatable bonds is 7. The molecular formula is C29H29FN2O3. The number of hydrogen-bond donors (Lipinski definition) is 2. The van der Waals surface area contributed by atoms with E-state index in [-0.39, 0.29) is 12.2 Å². The maximum Gasteiger partial charge on any atom is 0.221 e. The first-order valence-electron chi connectivity index (χ1n) is 11.5. The van der Waals surface area contributed by atoms with Gasteiger partial charge in [-0.05, 0) is 53.6 Å². The first-order chi connectivity index (χ1) is 16.8. The van der Waals surface area contributed by atoms with Crippen molar-refractivity contribution in [2.45, 2.75) is 39.5 Å². The molecule has 0 aliphatic heterocycles. The third kappa shape index (κ3) is 6.96. The van der Waals surface area contributed by atoms with Crippen molar-refractivity contribution < 1.29 is 19.1 Å². The van der Waals surface area contributed by atoms with Crippen molar-refractivity contribution in [2.75, 3.05) is 0 Å². The molecule has 6 heteroatoms. The van der Waals surface area contributed by atoms with Gasteiger partial charge in [-0.15, -0.1) is 0 Å². The van der Waals surface area contributed by atoms with Crippen molar-refractivity contribution in [1.29, 1.82) is 0 Å². The number of carbonyl (C=O) groups excluding carboxylic acids is 2. The van der Waals surface area contributed by atoms with Gasteiger partial charge in [-0.2, -0.15) is 0 Å². The lowest BCUT2D eigenvalue weighted by atomic mass is 9.98. The molecule has 0 saturated carbocycles. The molecule has 0 spiro atoms. The number of hydrogen-bond acceptors (Lipinski definition) is 4. The number of phenolic OH excluding ortho intramolecular Hbond substituents is 1. The summed E-state index contributed by atoms with van der Waals surface area (Å²) in [7, 11) is 0. The second kappa shape index (κ2) is 11.9. The largest absolute Gasteiger partial charge is 0.508 e. The van der Waals surface area contributed by atoms with Gasteiger partial charge >= 0.3 is 0 Å². The van der Waals surface area contributed by atoms with Gasteiger partial charge in [0.1, 0.15) is 11.6 Å². The third-order valence-electron chi connectivity index (χ3n) is 5.62. The molecule has 1 heterocycles. The number of aromatic nitrogens is 1. The molecule has 4 rings (SSSR count). The quantitative estimate of drug-likeness (QED) is 0.345. The standard InChI is InChI=1S/C20H17FN2O2.C9H12O/c1-12(24)13-6-7-14(18(21)8-13)9-19-17-5-3-2-4-16(17)15(11-23-19)10-20(22)25;1-2-3-8-4-6-9(10)7-5-8/h2-8,11H,9-10H2,1H3,(H2,22,25);4-7,10H,2-3H2,1H3. The van der Waals surface area contributed by atoms with Gasteiger partial charge in [-0.25, -0.2) is 4.39 Å². The molecule has 1 amide bonds. The Labute approximate surface area is 204 Å². The number of ketones is 1. The van der Waals surface area contributed by atoms with Crippen LogP contribution in [0.4, 0.5) is 4.39 Å². The van der Waals surface area contributed by atoms with Gasteiger partial charge in [0.05, 0.1) is 12.1 Å². The van der Waals surface area contributed by atoms with Crippen LogP contribution < -0.4 is 5.73 Å². The first-order valence-corrected chi connectivity index (χ1v) is 11.5. The van der Waals surface area contributed by atoms with Gasteiger partial charge in [-0.3, -0.25) is 14.6 Å². The number of aromatic hydroxyl groups is 1. The minimum absolute atomic E-state index is 0.107. The Bertz CT molecular complexity index is 1330. The van der Waals surface area contributed by atoms with Crippen molar-refractivity contribution in [1.82, 2.24) is 4.98 Å². The summed E-state index contributed by atoms with van der Waals surface area (Å²) in [5, 5.41) is 10.7. The smallest absolute Gasteiger partial charge is 0.221 e. The third-order valence-corrected chi connectivity index (χ3v) is 5.62. The average Bonchev–Trinajstić information content (AvgIpc) is 2.83. The molecule has 3 aromatic carbocycles. The highest BCUT2D eigenvalue weighted by atomic mass is 19.1. The number of aryl methyl sites for hydroxylation is 1. The lowest BCUT2D eigenvalue weighted by Crippen LogP contribution is -2.14. The summed E-state index contributed by atoms with van der Waals surface area (Å²) in [6.07, 6.45) is 4.27. The number of pyridine rings is 1. The molecule has 0 aliphatic carbocycles. The maximum atomic E-state index is 14.3. The van der Waals surface area contributed by atoms with Crippen LogP contribution in [-0.4, -0.2) is 21.8 Å². The van der Waals surface area contributed by atoms with E-state index in [1.807, 2.05) is 36.4 Å². The van der Waals surface area contributed by atoms with Crippen LogP contribution in [0.3, 0.4) is 0 Å². The van der Waals surface area contributed by atoms with Gasteiger partial charge in [0.15, 0.2) is 5.78 Å². The Kier molecular flexibility index (Phi) is 8.68. The predicted molar refractivity (Wildman–Crippen MR) is 136 cm³/mol. The Hall–Kier alpha value is -4.06. The van der Waals surface area contributed by atoms with E-state index >= 15 is 0 Å². The minimum atomic E-state index is -0.431. The van der Waals surface area contributed by atoms with Crippen molar-refractivity contribution >= 4 is 22.5 Å². The van der Waals surface area contributed by atoms with Gasteiger partial charge in [0.25, 0.3) is 0 Å². The molecule has 180 valence electrons. The van der Waals surface area contributed by atoms with Gasteiger partial charge in [0.2, 0.25) is 5.91 Å². The number of carbonyl (C=O) groups is 2. The molecular weight excluding hydrogens is 443 g/mol. The number of Topliss-reactive ketones (excluding diaryl/α,β-unsaturated/α-hetero) is 1. The van der Waals surface area contributed by atoms with E-state index < -0.39 is 11.7 Å². The highest BCUT2D eigenvalue weighted by molar-refractivity contribution is 5.94. The molecule has 0 saturated heterocycles. The molecule has 0 unspecified atom stereocenters. The van der Waals surface area contributed by atoms with Gasteiger partial charge in [-0.1, -0.05) is 61.9 Å². The molecule has 4 aromatic rings. The number of nitrogens with two attached hydrogens (primary N) is 1. The van der Waals surface area contributed by atoms with E-state index in [2.05, 4.69) is 11.9 Å². The Morgan fingerprint density at radius 1 is 0.971 bits per heavy atom. The van der Waals surface area contributed by atoms with Gasteiger partial charge < -0.3 is 10.8 Å². The molecule has 0 aliphatic rings. The predicted octanol–water partition coefficient (Wildman–Crippen LogP) is 5.54. The summed E-state index contributed by atoms with van der Waals surface area (Å²) >= 11 is 0. The normalized spacial score (nSPS) is 10.5. The van der Waals surface area contributed by atoms with Crippen LogP contribution >= 0.6 is 0 Å². The molecule has 0 radical (unpaired) electrons. The van der Waals surface area contributed by atoms with E-state index in [9.17, 15) is 14.0 Å². The zero-order valence-corrected chi connectivity index (χ0v) is 19.9. The molecule has 3 N–H and O–H groups in total. The number of halogens is 1. The van der Waals surface area contributed by atoms with Crippen LogP contribution in [-0.2, 0) is 24.1 Å². The summed E-state index contributed by atoms with van der Waals surface area (Å²) in [6, 6.07) is 19.4. The number of nitrogens with zero attached hydrogens (tertiary/aromatic N) is 1. The number of phenols is 1. The van der Waals surface area contributed by atoms with Crippen LogP contribution in [0, 0.1) is 5.82 Å². The highest BCUT2D eigenvalue weighted by Crippen LogP contribution is 2.24. The second-order valence-electron chi connectivity index (χ2n) is 8.37. The monoisotopic (exact) mass is 472 g/mol. The van der Waals surface area contributed by atoms with E-state index in [1.165, 1.54) is 18.6 Å². The maximum absolute atomic E-state index is 14.3. The van der Waals surface area contributed by atoms with Gasteiger partial charge in [0, 0.05) is 23.6 Å². The molecule has 35 heavy (non-hydrogen) atoms. The zero-order chi connectivity index (χ0) is 25.4. The zero-order valence-electron chi connectivity index (χ0n) is 19.9. The number of primary amides is 1. The summed E-state index contributed by atoms with van der Waals surface area (Å²) in [4.78, 5) is 27.0. The van der Waals surface area contributed by atoms with Crippen LogP contribution in [0.25, 0.3) is 10.8 Å². The average molecular weight is 473 g/mol. The van der Waals surface area contributed by atoms with Crippen LogP contribution in [0.2, 0.25) is 0 Å². The Morgan fingerprint density at radius 2 is 1.66 bits per heavy atom. The molecule has 1 aromatic heterocycles. The van der Waals surface area contributed by atoms with Crippen molar-refractivity contribution in [3.05, 3.63) is 107 Å². The Balaban J connectivity index is 0.000000287. The second-order valence-corrected chi connectivity index (χ2v) is 8.37. The summed E-state index contributed by atoms with van der Waals surface area (Å²) in [5.74, 6) is -0.685. The van der Waals surface area contributed by atoms with Crippen LogP contribution in [0.1, 0.15) is 53.0 Å². The molecule has 0 bridgehead atoms. The van der Waals surface area contributed by atoms with Crippen molar-refractivity contribution in [3.63, 3.8) is 0 Å². The molecule has 0 fully saturated rings. The van der Waals surface area contributed by atoms with Crippen LogP contribution in [0.5, 0.6) is 5.75 Å². The fourth-order valence-electron chi connectivity index (χ4n) is 3.82. The van der Waals surface area contributed by atoms with Crippen molar-refractivity contribution in [2.24, 2.45) is 5.73 Å².